The van der Waals surface area contributed by atoms with Gasteiger partial charge in [-0.25, -0.2) is 9.98 Å². The van der Waals surface area contributed by atoms with Crippen molar-refractivity contribution in [2.45, 2.75) is 6.17 Å². The van der Waals surface area contributed by atoms with Gasteiger partial charge in [0.05, 0.1) is 0 Å². The van der Waals surface area contributed by atoms with Gasteiger partial charge in [-0.2, -0.15) is 0 Å². The van der Waals surface area contributed by atoms with Gasteiger partial charge < -0.3 is 9.73 Å². The Morgan fingerprint density at radius 2 is 1.02 bits per heavy atom. The molecule has 0 radical (unpaired) electrons. The number of hydrogen-bond acceptors (Lipinski definition) is 4. The number of benzene rings is 8. The summed E-state index contributed by atoms with van der Waals surface area (Å²) in [7, 11) is 0. The minimum Gasteiger partial charge on any atom is -0.456 e. The Bertz CT molecular complexity index is 2830. The number of fused-ring (bicyclic) bond motifs is 4. The molecule has 0 spiro atoms. The Balaban J connectivity index is 1.09. The molecule has 1 aliphatic rings. The number of amidine groups is 2. The fraction of sp³-hybridized carbons (Fsp3) is 0.0204. The standard InChI is InChI=1S/C49H33N3O/c1-3-12-32(13-4-1)33-22-24-34(25-23-33)39-30-43(46-42-19-9-10-21-44(42)53-45(46)31-39)49-51-47(37-15-5-2-6-16-37)50-48(52-49)38-28-26-36(27-29-38)41-20-11-17-35-14-7-8-18-40(35)41/h1-31,49H,(H,50,51,52). The largest absolute Gasteiger partial charge is 0.456 e. The maximum absolute atomic E-state index is 6.54. The van der Waals surface area contributed by atoms with Gasteiger partial charge in [0, 0.05) is 27.5 Å². The minimum atomic E-state index is -0.428. The summed E-state index contributed by atoms with van der Waals surface area (Å²) in [5.41, 5.74) is 11.6. The summed E-state index contributed by atoms with van der Waals surface area (Å²) in [6.45, 7) is 0. The minimum absolute atomic E-state index is 0.428. The quantitative estimate of drug-likeness (QED) is 0.190. The third kappa shape index (κ3) is 5.67. The number of rotatable bonds is 6. The third-order valence-corrected chi connectivity index (χ3v) is 10.2. The molecule has 8 aromatic carbocycles. The van der Waals surface area contributed by atoms with Crippen molar-refractivity contribution >= 4 is 44.4 Å². The molecule has 0 saturated carbocycles. The lowest BCUT2D eigenvalue weighted by Crippen LogP contribution is -2.33. The first-order valence-electron chi connectivity index (χ1n) is 17.9. The van der Waals surface area contributed by atoms with Gasteiger partial charge in [-0.05, 0) is 62.4 Å². The van der Waals surface area contributed by atoms with E-state index in [4.69, 9.17) is 14.4 Å². The van der Waals surface area contributed by atoms with E-state index in [1.807, 2.05) is 36.4 Å². The van der Waals surface area contributed by atoms with Crippen LogP contribution in [0.3, 0.4) is 0 Å². The first-order chi connectivity index (χ1) is 26.2. The van der Waals surface area contributed by atoms with Crippen LogP contribution in [0.1, 0.15) is 22.9 Å². The maximum Gasteiger partial charge on any atom is 0.159 e. The van der Waals surface area contributed by atoms with Gasteiger partial charge >= 0.3 is 0 Å². The predicted octanol–water partition coefficient (Wildman–Crippen LogP) is 12.2. The van der Waals surface area contributed by atoms with Gasteiger partial charge in [-0.1, -0.05) is 170 Å². The number of nitrogens with one attached hydrogen (secondary N) is 1. The van der Waals surface area contributed by atoms with E-state index in [9.17, 15) is 0 Å². The molecule has 1 unspecified atom stereocenters. The molecule has 1 aliphatic heterocycles. The molecule has 0 saturated heterocycles. The van der Waals surface area contributed by atoms with Crippen LogP contribution in [-0.2, 0) is 0 Å². The molecule has 9 aromatic rings. The molecular formula is C49H33N3O. The number of hydrogen-bond donors (Lipinski definition) is 1. The average Bonchev–Trinajstić information content (AvgIpc) is 3.62. The van der Waals surface area contributed by atoms with Gasteiger partial charge in [0.15, 0.2) is 5.84 Å². The Hall–Kier alpha value is -7.04. The summed E-state index contributed by atoms with van der Waals surface area (Å²) in [5.74, 6) is 1.45. The zero-order chi connectivity index (χ0) is 35.1. The number of para-hydroxylation sites is 1. The second-order valence-corrected chi connectivity index (χ2v) is 13.4. The monoisotopic (exact) mass is 679 g/mol. The van der Waals surface area contributed by atoms with Crippen molar-refractivity contribution in [3.63, 3.8) is 0 Å². The highest BCUT2D eigenvalue weighted by Gasteiger charge is 2.25. The van der Waals surface area contributed by atoms with Gasteiger partial charge in [-0.3, -0.25) is 0 Å². The van der Waals surface area contributed by atoms with E-state index < -0.39 is 6.17 Å². The van der Waals surface area contributed by atoms with Crippen LogP contribution in [0.25, 0.3) is 66.1 Å². The summed E-state index contributed by atoms with van der Waals surface area (Å²) in [6.07, 6.45) is -0.428. The van der Waals surface area contributed by atoms with Gasteiger partial charge in [0.2, 0.25) is 0 Å². The van der Waals surface area contributed by atoms with E-state index in [0.29, 0.717) is 5.84 Å². The first kappa shape index (κ1) is 30.8. The Kier molecular flexibility index (Phi) is 7.51. The highest BCUT2D eigenvalue weighted by atomic mass is 16.3. The second kappa shape index (κ2) is 12.9. The summed E-state index contributed by atoms with van der Waals surface area (Å²) in [4.78, 5) is 10.4. The highest BCUT2D eigenvalue weighted by molar-refractivity contribution is 6.14. The molecule has 0 bridgehead atoms. The molecule has 1 N–H and O–H groups in total. The molecule has 2 heterocycles. The van der Waals surface area contributed by atoms with Crippen LogP contribution in [0.4, 0.5) is 0 Å². The van der Waals surface area contributed by atoms with Crippen LogP contribution < -0.4 is 5.32 Å². The maximum atomic E-state index is 6.54. The van der Waals surface area contributed by atoms with E-state index in [1.165, 1.54) is 27.5 Å². The highest BCUT2D eigenvalue weighted by Crippen LogP contribution is 2.39. The lowest BCUT2D eigenvalue weighted by molar-refractivity contribution is 0.662. The molecule has 4 heteroatoms. The number of furan rings is 1. The average molecular weight is 680 g/mol. The summed E-state index contributed by atoms with van der Waals surface area (Å²) < 4.78 is 6.54. The first-order valence-corrected chi connectivity index (χ1v) is 17.9. The van der Waals surface area contributed by atoms with E-state index in [0.717, 1.165) is 61.2 Å². The van der Waals surface area contributed by atoms with E-state index >= 15 is 0 Å². The van der Waals surface area contributed by atoms with Gasteiger partial charge in [0.1, 0.15) is 23.2 Å². The van der Waals surface area contributed by atoms with E-state index in [-0.39, 0.29) is 0 Å². The van der Waals surface area contributed by atoms with Crippen molar-refractivity contribution in [3.8, 4) is 33.4 Å². The van der Waals surface area contributed by atoms with Crippen LogP contribution in [0.2, 0.25) is 0 Å². The van der Waals surface area contributed by atoms with Gasteiger partial charge in [0.25, 0.3) is 0 Å². The Labute approximate surface area is 307 Å². The van der Waals surface area contributed by atoms with E-state index in [2.05, 4.69) is 157 Å². The van der Waals surface area contributed by atoms with Crippen LogP contribution in [0.15, 0.2) is 202 Å². The molecule has 0 fully saturated rings. The Morgan fingerprint density at radius 1 is 0.434 bits per heavy atom. The van der Waals surface area contributed by atoms with Crippen molar-refractivity contribution in [3.05, 3.63) is 205 Å². The second-order valence-electron chi connectivity index (χ2n) is 13.4. The summed E-state index contributed by atoms with van der Waals surface area (Å²) >= 11 is 0. The number of aliphatic imine (C=N–C) groups is 2. The molecule has 1 atom stereocenters. The smallest absolute Gasteiger partial charge is 0.159 e. The lowest BCUT2D eigenvalue weighted by Gasteiger charge is -2.25. The molecule has 10 rings (SSSR count). The molecule has 1 aromatic heterocycles. The molecular weight excluding hydrogens is 647 g/mol. The SMILES string of the molecule is c1ccc(C2=NC(c3cc(-c4ccc(-c5ccccc5)cc4)cc4oc5ccccc5c34)NC(c3ccc(-c4cccc5ccccc45)cc3)=N2)cc1. The summed E-state index contributed by atoms with van der Waals surface area (Å²) in [6, 6.07) is 65.8. The summed E-state index contributed by atoms with van der Waals surface area (Å²) in [5, 5.41) is 8.32. The van der Waals surface area contributed by atoms with Crippen LogP contribution in [-0.4, -0.2) is 11.7 Å². The van der Waals surface area contributed by atoms with Crippen molar-refractivity contribution in [1.82, 2.24) is 5.32 Å². The Morgan fingerprint density at radius 3 is 1.79 bits per heavy atom. The van der Waals surface area contributed by atoms with E-state index in [1.54, 1.807) is 0 Å². The van der Waals surface area contributed by atoms with Crippen LogP contribution in [0, 0.1) is 0 Å². The zero-order valence-electron chi connectivity index (χ0n) is 28.8. The van der Waals surface area contributed by atoms with Crippen molar-refractivity contribution in [2.75, 3.05) is 0 Å². The molecule has 0 aliphatic carbocycles. The number of nitrogens with zero attached hydrogens (tertiary/aromatic N) is 2. The predicted molar refractivity (Wildman–Crippen MR) is 219 cm³/mol. The molecule has 53 heavy (non-hydrogen) atoms. The topological polar surface area (TPSA) is 49.9 Å². The molecule has 0 amide bonds. The van der Waals surface area contributed by atoms with Crippen molar-refractivity contribution < 1.29 is 4.42 Å². The fourth-order valence-corrected chi connectivity index (χ4v) is 7.51. The zero-order valence-corrected chi connectivity index (χ0v) is 28.8. The molecule has 250 valence electrons. The van der Waals surface area contributed by atoms with Crippen molar-refractivity contribution in [2.24, 2.45) is 9.98 Å². The van der Waals surface area contributed by atoms with Crippen LogP contribution >= 0.6 is 0 Å². The fourth-order valence-electron chi connectivity index (χ4n) is 7.51. The van der Waals surface area contributed by atoms with Crippen molar-refractivity contribution in [1.29, 1.82) is 0 Å². The molecule has 4 nitrogen and oxygen atoms in total. The van der Waals surface area contributed by atoms with Crippen LogP contribution in [0.5, 0.6) is 0 Å². The third-order valence-electron chi connectivity index (χ3n) is 10.2. The van der Waals surface area contributed by atoms with Gasteiger partial charge in [-0.15, -0.1) is 0 Å². The lowest BCUT2D eigenvalue weighted by atomic mass is 9.95. The normalized spacial score (nSPS) is 14.2.